The summed E-state index contributed by atoms with van der Waals surface area (Å²) in [6, 6.07) is 19.0. The topological polar surface area (TPSA) is 71.1 Å². The number of carbonyl (C=O) groups is 2. The number of hydrogen-bond donors (Lipinski definition) is 2. The van der Waals surface area contributed by atoms with Gasteiger partial charge in [0.15, 0.2) is 0 Å². The zero-order valence-corrected chi connectivity index (χ0v) is 21.4. The maximum atomic E-state index is 13.8. The van der Waals surface area contributed by atoms with Gasteiger partial charge in [0, 0.05) is 41.4 Å². The first-order chi connectivity index (χ1) is 17.3. The summed E-state index contributed by atoms with van der Waals surface area (Å²) < 4.78 is 0. The van der Waals surface area contributed by atoms with Crippen LogP contribution in [0.25, 0.3) is 0 Å². The molecule has 2 aromatic carbocycles. The molecule has 36 heavy (non-hydrogen) atoms. The standard InChI is InChI=1S/C29H25Cl2N3O2/c1-16-8-7-13-32-28(16)34-29(36)24-17(2)33-22-14-19(18-9-4-3-5-10-18)15-23(35)26(22)25(24)20-11-6-12-21(30)27(20)31/h3-14,19,25-26,33H,15H2,1-2H3,(H,32,34,36). The third kappa shape index (κ3) is 4.45. The Bertz CT molecular complexity index is 1420. The highest BCUT2D eigenvalue weighted by Crippen LogP contribution is 2.48. The second-order valence-electron chi connectivity index (χ2n) is 9.19. The van der Waals surface area contributed by atoms with Crippen molar-refractivity contribution in [1.82, 2.24) is 10.3 Å². The van der Waals surface area contributed by atoms with Crippen molar-refractivity contribution < 1.29 is 9.59 Å². The first-order valence-electron chi connectivity index (χ1n) is 11.8. The number of nitrogens with zero attached hydrogens (tertiary/aromatic N) is 1. The number of benzene rings is 2. The van der Waals surface area contributed by atoms with Gasteiger partial charge in [0.25, 0.3) is 5.91 Å². The molecule has 0 bridgehead atoms. The van der Waals surface area contributed by atoms with Crippen LogP contribution in [0, 0.1) is 12.8 Å². The normalized spacial score (nSPS) is 21.4. The number of Topliss-reactive ketones (excluding diaryl/α,β-unsaturated/α-hetero) is 1. The number of anilines is 1. The first kappa shape index (κ1) is 24.3. The Morgan fingerprint density at radius 1 is 1.00 bits per heavy atom. The number of fused-ring (bicyclic) bond motifs is 1. The lowest BCUT2D eigenvalue weighted by atomic mass is 9.68. The molecule has 5 nitrogen and oxygen atoms in total. The minimum Gasteiger partial charge on any atom is -0.362 e. The van der Waals surface area contributed by atoms with Crippen LogP contribution < -0.4 is 10.6 Å². The van der Waals surface area contributed by atoms with Crippen molar-refractivity contribution >= 4 is 40.7 Å². The average molecular weight is 518 g/mol. The lowest BCUT2D eigenvalue weighted by Crippen LogP contribution is -2.42. The highest BCUT2D eigenvalue weighted by atomic mass is 35.5. The van der Waals surface area contributed by atoms with Crippen LogP contribution in [0.15, 0.2) is 89.9 Å². The quantitative estimate of drug-likeness (QED) is 0.411. The minimum absolute atomic E-state index is 0.0433. The Hall–Kier alpha value is -3.41. The Morgan fingerprint density at radius 2 is 1.78 bits per heavy atom. The molecule has 0 saturated heterocycles. The number of allylic oxidation sites excluding steroid dienone is 3. The zero-order valence-electron chi connectivity index (χ0n) is 19.9. The van der Waals surface area contributed by atoms with Crippen LogP contribution in [0.1, 0.15) is 41.9 Å². The van der Waals surface area contributed by atoms with Crippen LogP contribution >= 0.6 is 23.2 Å². The molecule has 5 rings (SSSR count). The highest BCUT2D eigenvalue weighted by molar-refractivity contribution is 6.42. The Kier molecular flexibility index (Phi) is 6.69. The summed E-state index contributed by atoms with van der Waals surface area (Å²) in [5, 5.41) is 7.03. The Balaban J connectivity index is 1.63. The van der Waals surface area contributed by atoms with Gasteiger partial charge < -0.3 is 10.6 Å². The fourth-order valence-corrected chi connectivity index (χ4v) is 5.60. The summed E-state index contributed by atoms with van der Waals surface area (Å²) in [5.74, 6) is -1.06. The SMILES string of the molecule is CC1=C(C(=O)Nc2ncccc2C)C(c2cccc(Cl)c2Cl)C2C(=O)CC(c3ccccc3)C=C2N1. The summed E-state index contributed by atoms with van der Waals surface area (Å²) in [6.07, 6.45) is 4.07. The first-order valence-corrected chi connectivity index (χ1v) is 12.5. The molecule has 3 atom stereocenters. The predicted octanol–water partition coefficient (Wildman–Crippen LogP) is 6.55. The van der Waals surface area contributed by atoms with Crippen molar-refractivity contribution in [1.29, 1.82) is 0 Å². The van der Waals surface area contributed by atoms with E-state index in [9.17, 15) is 9.59 Å². The zero-order chi connectivity index (χ0) is 25.4. The molecule has 0 radical (unpaired) electrons. The highest BCUT2D eigenvalue weighted by Gasteiger charge is 2.45. The number of amides is 1. The molecule has 3 aromatic rings. The van der Waals surface area contributed by atoms with E-state index in [0.717, 1.165) is 16.8 Å². The number of rotatable bonds is 4. The molecule has 0 saturated carbocycles. The summed E-state index contributed by atoms with van der Waals surface area (Å²) in [6.45, 7) is 3.73. The monoisotopic (exact) mass is 517 g/mol. The number of nitrogens with one attached hydrogen (secondary N) is 2. The maximum Gasteiger partial charge on any atom is 0.255 e. The molecule has 3 unspecified atom stereocenters. The van der Waals surface area contributed by atoms with E-state index in [1.54, 1.807) is 18.3 Å². The molecule has 1 aromatic heterocycles. The van der Waals surface area contributed by atoms with Crippen LogP contribution in [0.4, 0.5) is 5.82 Å². The van der Waals surface area contributed by atoms with Crippen molar-refractivity contribution in [3.8, 4) is 0 Å². The van der Waals surface area contributed by atoms with E-state index in [4.69, 9.17) is 23.2 Å². The molecule has 0 spiro atoms. The predicted molar refractivity (Wildman–Crippen MR) is 143 cm³/mol. The molecule has 1 aliphatic heterocycles. The van der Waals surface area contributed by atoms with E-state index >= 15 is 0 Å². The van der Waals surface area contributed by atoms with Gasteiger partial charge in [-0.15, -0.1) is 0 Å². The number of carbonyl (C=O) groups excluding carboxylic acids is 2. The molecule has 2 heterocycles. The number of hydrogen-bond acceptors (Lipinski definition) is 4. The van der Waals surface area contributed by atoms with Gasteiger partial charge in [-0.3, -0.25) is 9.59 Å². The number of halogens is 2. The van der Waals surface area contributed by atoms with Gasteiger partial charge in [-0.05, 0) is 42.7 Å². The van der Waals surface area contributed by atoms with E-state index in [2.05, 4.69) is 21.7 Å². The third-order valence-corrected chi connectivity index (χ3v) is 7.73. The second-order valence-corrected chi connectivity index (χ2v) is 9.98. The molecule has 2 N–H and O–H groups in total. The van der Waals surface area contributed by atoms with E-state index < -0.39 is 11.8 Å². The molecule has 182 valence electrons. The molecule has 2 aliphatic rings. The van der Waals surface area contributed by atoms with Gasteiger partial charge in [0.05, 0.1) is 16.0 Å². The Labute approximate surface area is 220 Å². The van der Waals surface area contributed by atoms with Crippen LogP contribution in [-0.2, 0) is 9.59 Å². The number of aryl methyl sites for hydroxylation is 1. The van der Waals surface area contributed by atoms with Gasteiger partial charge in [0.2, 0.25) is 0 Å². The summed E-state index contributed by atoms with van der Waals surface area (Å²) in [7, 11) is 0. The molecule has 1 amide bonds. The van der Waals surface area contributed by atoms with Gasteiger partial charge in [-0.2, -0.15) is 0 Å². The lowest BCUT2D eigenvalue weighted by molar-refractivity contribution is -0.123. The van der Waals surface area contributed by atoms with E-state index in [1.807, 2.05) is 62.4 Å². The maximum absolute atomic E-state index is 13.8. The molecule has 7 heteroatoms. The van der Waals surface area contributed by atoms with E-state index in [1.165, 1.54) is 0 Å². The third-order valence-electron chi connectivity index (χ3n) is 6.89. The molecular formula is C29H25Cl2N3O2. The summed E-state index contributed by atoms with van der Waals surface area (Å²) in [4.78, 5) is 31.8. The number of aromatic nitrogens is 1. The van der Waals surface area contributed by atoms with Crippen molar-refractivity contribution in [2.75, 3.05) is 5.32 Å². The number of ketones is 1. The van der Waals surface area contributed by atoms with Crippen molar-refractivity contribution in [3.05, 3.63) is 117 Å². The fourth-order valence-electron chi connectivity index (χ4n) is 5.18. The minimum atomic E-state index is -0.600. The molecule has 0 fully saturated rings. The summed E-state index contributed by atoms with van der Waals surface area (Å²) >= 11 is 13.1. The lowest BCUT2D eigenvalue weighted by Gasteiger charge is -2.40. The average Bonchev–Trinajstić information content (AvgIpc) is 2.86. The smallest absolute Gasteiger partial charge is 0.255 e. The van der Waals surface area contributed by atoms with Gasteiger partial charge in [-0.1, -0.05) is 77.8 Å². The van der Waals surface area contributed by atoms with Crippen LogP contribution in [0.2, 0.25) is 10.0 Å². The van der Waals surface area contributed by atoms with E-state index in [-0.39, 0.29) is 17.6 Å². The number of pyridine rings is 1. The van der Waals surface area contributed by atoms with Crippen molar-refractivity contribution in [3.63, 3.8) is 0 Å². The largest absolute Gasteiger partial charge is 0.362 e. The van der Waals surface area contributed by atoms with Crippen molar-refractivity contribution in [2.24, 2.45) is 5.92 Å². The van der Waals surface area contributed by atoms with E-state index in [0.29, 0.717) is 39.1 Å². The van der Waals surface area contributed by atoms with Gasteiger partial charge >= 0.3 is 0 Å². The fraction of sp³-hybridized carbons (Fsp3) is 0.207. The van der Waals surface area contributed by atoms with Crippen LogP contribution in [-0.4, -0.2) is 16.7 Å². The summed E-state index contributed by atoms with van der Waals surface area (Å²) in [5.41, 5.74) is 4.44. The van der Waals surface area contributed by atoms with Crippen LogP contribution in [0.3, 0.4) is 0 Å². The van der Waals surface area contributed by atoms with Crippen molar-refractivity contribution in [2.45, 2.75) is 32.1 Å². The second kappa shape index (κ2) is 9.92. The Morgan fingerprint density at radius 3 is 2.53 bits per heavy atom. The van der Waals surface area contributed by atoms with Gasteiger partial charge in [0.1, 0.15) is 11.6 Å². The van der Waals surface area contributed by atoms with Crippen LogP contribution in [0.5, 0.6) is 0 Å². The molecule has 1 aliphatic carbocycles. The molecular weight excluding hydrogens is 493 g/mol. The van der Waals surface area contributed by atoms with Gasteiger partial charge in [-0.25, -0.2) is 4.98 Å².